The monoisotopic (exact) mass is 2000 g/mol. The topological polar surface area (TPSA) is 340 Å². The van der Waals surface area contributed by atoms with Crippen LogP contribution in [0.5, 0.6) is 5.88 Å². The summed E-state index contributed by atoms with van der Waals surface area (Å²) in [5.74, 6) is -6.14. The molecule has 1 fully saturated rings. The van der Waals surface area contributed by atoms with E-state index in [-0.39, 0.29) is 105 Å². The number of aryl methyl sites for hydroxylation is 1. The van der Waals surface area contributed by atoms with Gasteiger partial charge in [0.25, 0.3) is 23.6 Å². The summed E-state index contributed by atoms with van der Waals surface area (Å²) in [5, 5.41) is 17.9. The van der Waals surface area contributed by atoms with Gasteiger partial charge in [-0.15, -0.1) is 0 Å². The van der Waals surface area contributed by atoms with Gasteiger partial charge in [0.2, 0.25) is 17.7 Å². The molecule has 4 amide bonds. The number of aromatic nitrogens is 12. The maximum Gasteiger partial charge on any atom is 0.356 e. The number of nitrogens with zero attached hydrogens (tertiary/aromatic N) is 13. The van der Waals surface area contributed by atoms with Gasteiger partial charge in [-0.2, -0.15) is 4.98 Å². The highest BCUT2D eigenvalue weighted by Gasteiger charge is 2.36. The van der Waals surface area contributed by atoms with Crippen LogP contribution in [0.25, 0.3) is 55.4 Å². The van der Waals surface area contributed by atoms with E-state index in [0.29, 0.717) is 131 Å². The van der Waals surface area contributed by atoms with Gasteiger partial charge in [-0.05, 0) is 216 Å². The van der Waals surface area contributed by atoms with Gasteiger partial charge in [-0.1, -0.05) is 79.5 Å². The number of carbonyl (C=O) groups excluding carboxylic acids is 6. The zero-order valence-corrected chi connectivity index (χ0v) is 83.1. The first kappa shape index (κ1) is 104. The summed E-state index contributed by atoms with van der Waals surface area (Å²) in [5.41, 5.74) is 11.7. The Morgan fingerprint density at radius 3 is 1.36 bits per heavy atom. The second kappa shape index (κ2) is 45.8. The number of esters is 2. The first-order chi connectivity index (χ1) is 69.8. The fourth-order valence-corrected chi connectivity index (χ4v) is 18.1. The van der Waals surface area contributed by atoms with Crippen LogP contribution in [0.3, 0.4) is 0 Å². The number of hydrogen-bond acceptors (Lipinski definition) is 20. The van der Waals surface area contributed by atoms with Crippen molar-refractivity contribution >= 4 is 85.6 Å². The van der Waals surface area contributed by atoms with Gasteiger partial charge in [0.05, 0.1) is 71.5 Å². The van der Waals surface area contributed by atoms with Crippen LogP contribution in [0.1, 0.15) is 265 Å². The van der Waals surface area contributed by atoms with E-state index < -0.39 is 75.7 Å². The van der Waals surface area contributed by atoms with Crippen molar-refractivity contribution in [1.82, 2.24) is 79.6 Å². The third-order valence-corrected chi connectivity index (χ3v) is 24.2. The third kappa shape index (κ3) is 24.8. The molecule has 0 spiro atoms. The maximum absolute atomic E-state index is 13.7. The Labute approximate surface area is 836 Å². The van der Waals surface area contributed by atoms with E-state index in [4.69, 9.17) is 33.1 Å². The standard InChI is InChI=1S/C29H30F2N4O.C28H27F2N5O2.C28H30F2N4O4.C25H24F2N4O4/c1-18(2)17-35-27(21-5-3-4-6-21)26(29(36)33-16-19-13-22(30)15-23(31)14-19)24-7-8-25(34-28(24)35)20-9-11-32-12-10-20;1-16(2)25-24(27(36)32-14-18-10-19(29)12-20(30)11-18)22-7-8-23(28-33-13-17(3)37-28)34-26(22)35(25)15-21-6-4-5-9-31-21;1-15(2)24-23(26(35)31-13-17-10-18(29)12-19(30)11-17)21-7-8-22(37-27(36)28(4,5)6)32-25(21)34(24)14-20-9-16(3)38-33-20;1-4-34-25(33)19-6-5-18-21(24(32)29-12-15-9-16(26)11-17(27)10-15)22(14(2)3)31(23(18)30-19)13-20-28-7-8-35-20/h7-15,18,21H,3-6,16-17H2,1-2H3,(H,33,36);4-12,16-17H,13-15H2,1-3H3,(H,32,36);7-12,15H,13-14H2,1-6H3,(H,31,35);5-11,14H,4,12-13H2,1-3H3,(H,29,32). The summed E-state index contributed by atoms with van der Waals surface area (Å²) in [4.78, 5) is 115. The van der Waals surface area contributed by atoms with Crippen LogP contribution in [-0.4, -0.2) is 119 Å². The molecule has 0 saturated heterocycles. The van der Waals surface area contributed by atoms with Crippen LogP contribution in [-0.2, 0) is 66.6 Å². The number of amides is 4. The van der Waals surface area contributed by atoms with Crippen LogP contribution in [0.4, 0.5) is 35.1 Å². The molecule has 16 aromatic rings. The molecule has 12 aromatic heterocycles. The van der Waals surface area contributed by atoms with E-state index >= 15 is 0 Å². The van der Waals surface area contributed by atoms with E-state index in [1.165, 1.54) is 54.9 Å². The number of nitrogens with one attached hydrogen (secondary N) is 4. The normalized spacial score (nSPS) is 13.1. The van der Waals surface area contributed by atoms with Crippen molar-refractivity contribution in [1.29, 1.82) is 0 Å². The molecule has 1 aliphatic heterocycles. The number of rotatable bonds is 29. The predicted molar refractivity (Wildman–Crippen MR) is 533 cm³/mol. The van der Waals surface area contributed by atoms with Gasteiger partial charge in [-0.25, -0.2) is 64.8 Å². The molecular formula is C110H111F8N17O11. The number of aliphatic imine (C=N–C) groups is 1. The zero-order chi connectivity index (χ0) is 104. The molecule has 4 aromatic carbocycles. The Morgan fingerprint density at radius 2 is 0.925 bits per heavy atom. The van der Waals surface area contributed by atoms with Crippen molar-refractivity contribution in [2.24, 2.45) is 16.3 Å². The molecule has 4 N–H and O–H groups in total. The van der Waals surface area contributed by atoms with Gasteiger partial charge >= 0.3 is 11.9 Å². The van der Waals surface area contributed by atoms with Gasteiger partial charge < -0.3 is 62.7 Å². The fourth-order valence-electron chi connectivity index (χ4n) is 18.1. The van der Waals surface area contributed by atoms with Crippen LogP contribution in [0.2, 0.25) is 0 Å². The number of carbonyl (C=O) groups is 6. The number of fused-ring (bicyclic) bond motifs is 4. The zero-order valence-electron chi connectivity index (χ0n) is 83.1. The van der Waals surface area contributed by atoms with Crippen LogP contribution in [0.15, 0.2) is 203 Å². The maximum atomic E-state index is 13.7. The molecule has 28 nitrogen and oxygen atoms in total. The molecule has 146 heavy (non-hydrogen) atoms. The molecule has 18 rings (SSSR count). The average molecular weight is 2000 g/mol. The largest absolute Gasteiger partial charge is 0.471 e. The lowest BCUT2D eigenvalue weighted by molar-refractivity contribution is -0.143. The van der Waals surface area contributed by atoms with Gasteiger partial charge in [-0.3, -0.25) is 33.9 Å². The predicted octanol–water partition coefficient (Wildman–Crippen LogP) is 21.8. The van der Waals surface area contributed by atoms with Crippen LogP contribution >= 0.6 is 0 Å². The summed E-state index contributed by atoms with van der Waals surface area (Å²) in [6.07, 6.45) is 12.5. The first-order valence-corrected chi connectivity index (χ1v) is 48.1. The van der Waals surface area contributed by atoms with Crippen molar-refractivity contribution in [3.63, 3.8) is 0 Å². The molecule has 0 bridgehead atoms. The molecule has 1 saturated carbocycles. The molecule has 0 radical (unpaired) electrons. The highest BCUT2D eigenvalue weighted by atomic mass is 19.2. The third-order valence-electron chi connectivity index (χ3n) is 24.2. The quantitative estimate of drug-likeness (QED) is 0.0250. The molecule has 758 valence electrons. The SMILES string of the molecule is CC(C)Cn1c(C2CCCC2)c(C(=O)NCc2cc(F)cc(F)c2)c2ccc(-c3ccncc3)nc21.CC1CN=C(c2ccc3c(C(=O)NCc4cc(F)cc(F)c4)c(C(C)C)n(Cc4ccccn4)c3n2)O1.CCOC(=O)c1ccc2c(C(=O)NCc3cc(F)cc(F)c3)c(C(C)C)n(Cc3ncco3)c2n1.Cc1cc(Cn2c(C(C)C)c(C(=O)NCc3cc(F)cc(F)c3)c3ccc(OC(=O)C(C)(C)C)nc32)no1. The van der Waals surface area contributed by atoms with E-state index in [0.717, 1.165) is 108 Å². The van der Waals surface area contributed by atoms with Crippen molar-refractivity contribution in [3.8, 4) is 17.1 Å². The Bertz CT molecular complexity index is 7470. The highest BCUT2D eigenvalue weighted by molar-refractivity contribution is 6.12. The number of hydrogen-bond donors (Lipinski definition) is 4. The van der Waals surface area contributed by atoms with Gasteiger partial charge in [0.15, 0.2) is 5.69 Å². The minimum absolute atomic E-state index is 0.0203. The number of pyridine rings is 6. The molecule has 1 unspecified atom stereocenters. The summed E-state index contributed by atoms with van der Waals surface area (Å²) in [6, 6.07) is 38.0. The van der Waals surface area contributed by atoms with E-state index in [1.54, 1.807) is 88.1 Å². The summed E-state index contributed by atoms with van der Waals surface area (Å²) in [7, 11) is 0. The molecule has 2 aliphatic rings. The second-order valence-electron chi connectivity index (χ2n) is 38.2. The average Bonchev–Trinajstić information content (AvgIpc) is 1.60. The van der Waals surface area contributed by atoms with Crippen molar-refractivity contribution < 1.29 is 87.0 Å². The number of ether oxygens (including phenoxy) is 3. The van der Waals surface area contributed by atoms with Crippen LogP contribution in [0, 0.1) is 64.8 Å². The minimum atomic E-state index is -0.735. The van der Waals surface area contributed by atoms with Crippen LogP contribution < -0.4 is 26.0 Å². The Balaban J connectivity index is 0.000000146. The van der Waals surface area contributed by atoms with Crippen molar-refractivity contribution in [2.45, 2.75) is 205 Å². The van der Waals surface area contributed by atoms with Gasteiger partial charge in [0, 0.05) is 144 Å². The molecular weight excluding hydrogens is 1890 g/mol. The van der Waals surface area contributed by atoms with E-state index in [9.17, 15) is 63.9 Å². The fraction of sp³-hybridized carbons (Fsp3) is 0.318. The number of halogens is 8. The Hall–Kier alpha value is -15.9. The lowest BCUT2D eigenvalue weighted by atomic mass is 9.97. The molecule has 1 aliphatic carbocycles. The lowest BCUT2D eigenvalue weighted by Gasteiger charge is -2.18. The summed E-state index contributed by atoms with van der Waals surface area (Å²) >= 11 is 0. The highest BCUT2D eigenvalue weighted by Crippen LogP contribution is 2.43. The molecule has 13 heterocycles. The van der Waals surface area contributed by atoms with Crippen molar-refractivity contribution in [2.75, 3.05) is 13.2 Å². The Kier molecular flexibility index (Phi) is 32.7. The molecule has 1 atom stereocenters. The lowest BCUT2D eigenvalue weighted by Crippen LogP contribution is -2.26. The summed E-state index contributed by atoms with van der Waals surface area (Å²) in [6.45, 7) is 28.9. The van der Waals surface area contributed by atoms with Crippen molar-refractivity contribution in [3.05, 3.63) is 337 Å². The number of oxazole rings is 1. The number of benzene rings is 4. The summed E-state index contributed by atoms with van der Waals surface area (Å²) < 4.78 is 144. The van der Waals surface area contributed by atoms with Gasteiger partial charge in [0.1, 0.15) is 105 Å². The van der Waals surface area contributed by atoms with E-state index in [2.05, 4.69) is 74.8 Å². The smallest absolute Gasteiger partial charge is 0.356 e. The second-order valence-corrected chi connectivity index (χ2v) is 38.2. The molecule has 36 heteroatoms. The first-order valence-electron chi connectivity index (χ1n) is 48.1. The minimum Gasteiger partial charge on any atom is -0.471 e. The van der Waals surface area contributed by atoms with E-state index in [1.807, 2.05) is 106 Å². The Morgan fingerprint density at radius 1 is 0.479 bits per heavy atom.